The number of hydrogen-bond donors (Lipinski definition) is 0. The van der Waals surface area contributed by atoms with Gasteiger partial charge in [0.1, 0.15) is 11.5 Å². The van der Waals surface area contributed by atoms with Gasteiger partial charge >= 0.3 is 11.9 Å². The molecule has 0 unspecified atom stereocenters. The summed E-state index contributed by atoms with van der Waals surface area (Å²) >= 11 is 0. The zero-order valence-corrected chi connectivity index (χ0v) is 22.5. The van der Waals surface area contributed by atoms with Gasteiger partial charge in [-0.2, -0.15) is 5.26 Å². The molecule has 0 radical (unpaired) electrons. The minimum atomic E-state index is -0.512. The second kappa shape index (κ2) is 19.0. The van der Waals surface area contributed by atoms with E-state index in [0.29, 0.717) is 29.0 Å². The quantitative estimate of drug-likeness (QED) is 0.108. The van der Waals surface area contributed by atoms with Crippen molar-refractivity contribution in [2.24, 2.45) is 0 Å². The van der Waals surface area contributed by atoms with E-state index in [1.54, 1.807) is 48.5 Å². The van der Waals surface area contributed by atoms with Crippen molar-refractivity contribution in [3.63, 3.8) is 0 Å². The monoisotopic (exact) mass is 505 g/mol. The van der Waals surface area contributed by atoms with Crippen molar-refractivity contribution in [1.82, 2.24) is 0 Å². The summed E-state index contributed by atoms with van der Waals surface area (Å²) in [5, 5.41) is 8.84. The molecule has 0 aliphatic rings. The van der Waals surface area contributed by atoms with Gasteiger partial charge < -0.3 is 9.47 Å². The highest BCUT2D eigenvalue weighted by Gasteiger charge is 2.10. The van der Waals surface area contributed by atoms with E-state index in [4.69, 9.17) is 14.7 Å². The predicted octanol–water partition coefficient (Wildman–Crippen LogP) is 8.94. The van der Waals surface area contributed by atoms with Crippen LogP contribution >= 0.6 is 0 Å². The maximum atomic E-state index is 12.2. The van der Waals surface area contributed by atoms with Gasteiger partial charge in [-0.15, -0.1) is 0 Å². The molecule has 0 heterocycles. The first kappa shape index (κ1) is 30.1. The van der Waals surface area contributed by atoms with Crippen LogP contribution in [0.5, 0.6) is 11.5 Å². The van der Waals surface area contributed by atoms with Crippen molar-refractivity contribution in [2.75, 3.05) is 0 Å². The molecule has 0 fully saturated rings. The molecule has 2 aromatic rings. The average molecular weight is 506 g/mol. The Kier molecular flexibility index (Phi) is 15.5. The van der Waals surface area contributed by atoms with Crippen LogP contribution in [0, 0.1) is 11.3 Å². The molecule has 0 amide bonds. The topological polar surface area (TPSA) is 76.4 Å². The number of esters is 2. The molecule has 37 heavy (non-hydrogen) atoms. The molecule has 0 aliphatic carbocycles. The summed E-state index contributed by atoms with van der Waals surface area (Å²) in [7, 11) is 0. The first-order valence-electron chi connectivity index (χ1n) is 14.2. The summed E-state index contributed by atoms with van der Waals surface area (Å²) in [6.07, 6.45) is 19.8. The van der Waals surface area contributed by atoms with Crippen molar-refractivity contribution in [2.45, 2.75) is 110 Å². The molecular formula is C32H43NO4. The highest BCUT2D eigenvalue weighted by Crippen LogP contribution is 2.20. The third-order valence-electron chi connectivity index (χ3n) is 6.50. The standard InChI is InChI=1S/C32H43NO4/c1-2-3-4-5-6-7-8-9-10-11-12-13-14-15-16-17-31(34)36-29-22-24-30(25-23-29)37-32(35)28-20-18-27(26-33)19-21-28/h18-25H,2-17H2,1H3. The molecule has 0 spiro atoms. The van der Waals surface area contributed by atoms with E-state index in [0.717, 1.165) is 12.8 Å². The Labute approximate surface area is 223 Å². The molecule has 0 aromatic heterocycles. The number of carbonyl (C=O) groups excluding carboxylic acids is 2. The maximum absolute atomic E-state index is 12.2. The molecule has 0 saturated carbocycles. The SMILES string of the molecule is CCCCCCCCCCCCCCCCCC(=O)Oc1ccc(OC(=O)c2ccc(C#N)cc2)cc1. The zero-order valence-electron chi connectivity index (χ0n) is 22.5. The normalized spacial score (nSPS) is 10.6. The lowest BCUT2D eigenvalue weighted by molar-refractivity contribution is -0.134. The summed E-state index contributed by atoms with van der Waals surface area (Å²) in [6.45, 7) is 2.27. The van der Waals surface area contributed by atoms with Crippen molar-refractivity contribution < 1.29 is 19.1 Å². The summed E-state index contributed by atoms with van der Waals surface area (Å²) in [4.78, 5) is 24.3. The molecule has 0 atom stereocenters. The van der Waals surface area contributed by atoms with Crippen LogP contribution in [0.3, 0.4) is 0 Å². The smallest absolute Gasteiger partial charge is 0.343 e. The van der Waals surface area contributed by atoms with Gasteiger partial charge in [0.25, 0.3) is 0 Å². The van der Waals surface area contributed by atoms with Gasteiger partial charge in [0.2, 0.25) is 0 Å². The van der Waals surface area contributed by atoms with E-state index in [1.807, 2.05) is 6.07 Å². The van der Waals surface area contributed by atoms with Crippen LogP contribution in [0.25, 0.3) is 0 Å². The Morgan fingerprint density at radius 2 is 1.05 bits per heavy atom. The van der Waals surface area contributed by atoms with Crippen LogP contribution < -0.4 is 9.47 Å². The number of nitriles is 1. The van der Waals surface area contributed by atoms with Crippen molar-refractivity contribution >= 4 is 11.9 Å². The molecule has 0 N–H and O–H groups in total. The average Bonchev–Trinajstić information content (AvgIpc) is 2.92. The molecule has 2 rings (SSSR count). The maximum Gasteiger partial charge on any atom is 0.343 e. The zero-order chi connectivity index (χ0) is 26.6. The Hall–Kier alpha value is -3.13. The van der Waals surface area contributed by atoms with Gasteiger partial charge in [0, 0.05) is 6.42 Å². The number of rotatable bonds is 19. The van der Waals surface area contributed by atoms with E-state index in [-0.39, 0.29) is 5.97 Å². The number of carbonyl (C=O) groups is 2. The third kappa shape index (κ3) is 13.7. The molecule has 5 heteroatoms. The fourth-order valence-corrected chi connectivity index (χ4v) is 4.25. The first-order chi connectivity index (χ1) is 18.1. The van der Waals surface area contributed by atoms with Crippen LogP contribution in [0.2, 0.25) is 0 Å². The van der Waals surface area contributed by atoms with Crippen LogP contribution in [-0.4, -0.2) is 11.9 Å². The Bertz CT molecular complexity index is 944. The summed E-state index contributed by atoms with van der Waals surface area (Å²) in [5.74, 6) is 0.0418. The highest BCUT2D eigenvalue weighted by molar-refractivity contribution is 5.91. The van der Waals surface area contributed by atoms with E-state index < -0.39 is 5.97 Å². The first-order valence-corrected chi connectivity index (χ1v) is 14.2. The van der Waals surface area contributed by atoms with Gasteiger partial charge in [0.15, 0.2) is 0 Å². The lowest BCUT2D eigenvalue weighted by atomic mass is 10.0. The third-order valence-corrected chi connectivity index (χ3v) is 6.50. The molecule has 0 bridgehead atoms. The fourth-order valence-electron chi connectivity index (χ4n) is 4.25. The molecule has 0 saturated heterocycles. The van der Waals surface area contributed by atoms with Crippen molar-refractivity contribution in [3.05, 3.63) is 59.7 Å². The minimum absolute atomic E-state index is 0.239. The minimum Gasteiger partial charge on any atom is -0.427 e. The van der Waals surface area contributed by atoms with E-state index >= 15 is 0 Å². The lowest BCUT2D eigenvalue weighted by Gasteiger charge is -2.07. The predicted molar refractivity (Wildman–Crippen MR) is 148 cm³/mol. The largest absolute Gasteiger partial charge is 0.427 e. The molecule has 0 aliphatic heterocycles. The van der Waals surface area contributed by atoms with E-state index in [9.17, 15) is 9.59 Å². The van der Waals surface area contributed by atoms with Gasteiger partial charge in [-0.1, -0.05) is 96.8 Å². The van der Waals surface area contributed by atoms with E-state index in [2.05, 4.69) is 6.92 Å². The molecular weight excluding hydrogens is 462 g/mol. The Morgan fingerprint density at radius 3 is 1.51 bits per heavy atom. The molecule has 5 nitrogen and oxygen atoms in total. The van der Waals surface area contributed by atoms with Gasteiger partial charge in [-0.25, -0.2) is 4.79 Å². The van der Waals surface area contributed by atoms with Gasteiger partial charge in [-0.05, 0) is 55.0 Å². The van der Waals surface area contributed by atoms with Crippen LogP contribution in [-0.2, 0) is 4.79 Å². The fraction of sp³-hybridized carbons (Fsp3) is 0.531. The Morgan fingerprint density at radius 1 is 0.622 bits per heavy atom. The number of benzene rings is 2. The molecule has 200 valence electrons. The van der Waals surface area contributed by atoms with E-state index in [1.165, 1.54) is 83.5 Å². The summed E-state index contributed by atoms with van der Waals surface area (Å²) in [6, 6.07) is 14.7. The van der Waals surface area contributed by atoms with Gasteiger partial charge in [-0.3, -0.25) is 4.79 Å². The highest BCUT2D eigenvalue weighted by atomic mass is 16.5. The summed E-state index contributed by atoms with van der Waals surface area (Å²) in [5.41, 5.74) is 0.838. The number of unbranched alkanes of at least 4 members (excludes halogenated alkanes) is 14. The van der Waals surface area contributed by atoms with Crippen LogP contribution in [0.1, 0.15) is 126 Å². The molecule has 2 aromatic carbocycles. The Balaban J connectivity index is 1.48. The van der Waals surface area contributed by atoms with Crippen molar-refractivity contribution in [3.8, 4) is 17.6 Å². The summed E-state index contributed by atoms with van der Waals surface area (Å²) < 4.78 is 10.7. The van der Waals surface area contributed by atoms with Gasteiger partial charge in [0.05, 0.1) is 17.2 Å². The number of nitrogens with zero attached hydrogens (tertiary/aromatic N) is 1. The number of hydrogen-bond acceptors (Lipinski definition) is 5. The second-order valence-corrected chi connectivity index (χ2v) is 9.72. The second-order valence-electron chi connectivity index (χ2n) is 9.72. The lowest BCUT2D eigenvalue weighted by Crippen LogP contribution is -2.09. The number of ether oxygens (including phenoxy) is 2. The van der Waals surface area contributed by atoms with Crippen LogP contribution in [0.4, 0.5) is 0 Å². The van der Waals surface area contributed by atoms with Crippen LogP contribution in [0.15, 0.2) is 48.5 Å². The van der Waals surface area contributed by atoms with Crippen molar-refractivity contribution in [1.29, 1.82) is 5.26 Å².